The van der Waals surface area contributed by atoms with Crippen molar-refractivity contribution in [3.05, 3.63) is 0 Å². The van der Waals surface area contributed by atoms with E-state index in [1.54, 1.807) is 0 Å². The zero-order chi connectivity index (χ0) is 13.6. The van der Waals surface area contributed by atoms with Crippen molar-refractivity contribution in [3.8, 4) is 0 Å². The first-order valence-corrected chi connectivity index (χ1v) is 6.64. The summed E-state index contributed by atoms with van der Waals surface area (Å²) in [4.78, 5) is 0. The first-order valence-electron chi connectivity index (χ1n) is 5.50. The third-order valence-electron chi connectivity index (χ3n) is 2.83. The third kappa shape index (κ3) is 5.13. The second-order valence-corrected chi connectivity index (χ2v) is 4.73. The molecule has 7 heteroatoms. The molecule has 0 bridgehead atoms. The second-order valence-electron chi connectivity index (χ2n) is 3.94. The van der Waals surface area contributed by atoms with Gasteiger partial charge in [-0.1, -0.05) is 26.7 Å². The van der Waals surface area contributed by atoms with E-state index in [9.17, 15) is 28.8 Å². The van der Waals surface area contributed by atoms with Crippen molar-refractivity contribution >= 4 is 15.7 Å². The summed E-state index contributed by atoms with van der Waals surface area (Å²) in [5.74, 6) is -0.218. The van der Waals surface area contributed by atoms with Crippen LogP contribution in [0.25, 0.3) is 0 Å². The van der Waals surface area contributed by atoms with Gasteiger partial charge in [-0.05, 0) is 5.92 Å². The molecule has 0 fully saturated rings. The fraction of sp³-hybridized carbons (Fsp3) is 0.900. The predicted octanol–water partition coefficient (Wildman–Crippen LogP) is -1.45. The highest BCUT2D eigenvalue weighted by Gasteiger charge is 2.33. The monoisotopic (exact) mass is 268 g/mol. The molecular formula is C10H20O6S. The fourth-order valence-corrected chi connectivity index (χ4v) is 2.04. The summed E-state index contributed by atoms with van der Waals surface area (Å²) >= 11 is 0. The van der Waals surface area contributed by atoms with Crippen molar-refractivity contribution in [1.82, 2.24) is 0 Å². The van der Waals surface area contributed by atoms with Crippen LogP contribution in [0.5, 0.6) is 0 Å². The smallest absolute Gasteiger partial charge is 0.212 e. The Morgan fingerprint density at radius 3 is 1.76 bits per heavy atom. The molecule has 17 heavy (non-hydrogen) atoms. The van der Waals surface area contributed by atoms with E-state index >= 15 is 0 Å². The van der Waals surface area contributed by atoms with Gasteiger partial charge in [0.1, 0.15) is 18.3 Å². The van der Waals surface area contributed by atoms with Gasteiger partial charge in [-0.2, -0.15) is 8.42 Å². The summed E-state index contributed by atoms with van der Waals surface area (Å²) in [6, 6.07) is 0. The standard InChI is InChI=1S/C10H20O6S/c1-3-6(4-2)8(12)10(14)9(13)7(11)5-17(15)16/h5-14H,3-4H2,1-2H3. The molecule has 6 nitrogen and oxygen atoms in total. The Morgan fingerprint density at radius 1 is 0.941 bits per heavy atom. The zero-order valence-corrected chi connectivity index (χ0v) is 10.7. The van der Waals surface area contributed by atoms with E-state index in [2.05, 4.69) is 0 Å². The molecule has 0 amide bonds. The average Bonchev–Trinajstić information content (AvgIpc) is 2.27. The highest BCUT2D eigenvalue weighted by molar-refractivity contribution is 7.71. The summed E-state index contributed by atoms with van der Waals surface area (Å²) in [6.45, 7) is 3.65. The fourth-order valence-electron chi connectivity index (χ4n) is 1.65. The van der Waals surface area contributed by atoms with Crippen LogP contribution in [0.4, 0.5) is 0 Å². The lowest BCUT2D eigenvalue weighted by Gasteiger charge is -2.29. The summed E-state index contributed by atoms with van der Waals surface area (Å²) < 4.78 is 20.6. The van der Waals surface area contributed by atoms with Crippen LogP contribution in [0.15, 0.2) is 0 Å². The minimum atomic E-state index is -2.64. The minimum absolute atomic E-state index is 0.218. The van der Waals surface area contributed by atoms with Gasteiger partial charge >= 0.3 is 0 Å². The normalized spacial score (nSPS) is 18.5. The lowest BCUT2D eigenvalue weighted by Crippen LogP contribution is -2.47. The van der Waals surface area contributed by atoms with Gasteiger partial charge in [0.25, 0.3) is 0 Å². The molecule has 0 saturated heterocycles. The Hall–Kier alpha value is -0.470. The summed E-state index contributed by atoms with van der Waals surface area (Å²) in [5.41, 5.74) is 0. The first kappa shape index (κ1) is 16.5. The van der Waals surface area contributed by atoms with Crippen molar-refractivity contribution in [1.29, 1.82) is 0 Å². The van der Waals surface area contributed by atoms with Gasteiger partial charge in [0, 0.05) is 0 Å². The number of rotatable bonds is 7. The number of hydrogen-bond acceptors (Lipinski definition) is 6. The van der Waals surface area contributed by atoms with Crippen molar-refractivity contribution in [2.75, 3.05) is 0 Å². The highest BCUT2D eigenvalue weighted by atomic mass is 32.2. The van der Waals surface area contributed by atoms with Crippen molar-refractivity contribution in [2.45, 2.75) is 51.1 Å². The molecular weight excluding hydrogens is 248 g/mol. The van der Waals surface area contributed by atoms with Gasteiger partial charge in [-0.15, -0.1) is 0 Å². The minimum Gasteiger partial charge on any atom is -0.390 e. The molecule has 0 spiro atoms. The largest absolute Gasteiger partial charge is 0.390 e. The van der Waals surface area contributed by atoms with Crippen LogP contribution >= 0.6 is 0 Å². The lowest BCUT2D eigenvalue weighted by molar-refractivity contribution is -0.105. The van der Waals surface area contributed by atoms with Crippen LogP contribution in [0.3, 0.4) is 0 Å². The number of hydrogen-bond donors (Lipinski definition) is 4. The van der Waals surface area contributed by atoms with Crippen LogP contribution < -0.4 is 0 Å². The molecule has 4 unspecified atom stereocenters. The molecule has 0 aromatic heterocycles. The van der Waals surface area contributed by atoms with Crippen molar-refractivity contribution in [3.63, 3.8) is 0 Å². The summed E-state index contributed by atoms with van der Waals surface area (Å²) in [7, 11) is -2.64. The van der Waals surface area contributed by atoms with E-state index < -0.39 is 34.7 Å². The second kappa shape index (κ2) is 7.78. The Kier molecular flexibility index (Phi) is 7.56. The van der Waals surface area contributed by atoms with Crippen LogP contribution in [0.1, 0.15) is 26.7 Å². The van der Waals surface area contributed by atoms with Gasteiger partial charge in [-0.25, -0.2) is 0 Å². The van der Waals surface area contributed by atoms with Crippen LogP contribution in [0.2, 0.25) is 0 Å². The first-order chi connectivity index (χ1) is 7.84. The van der Waals surface area contributed by atoms with E-state index in [-0.39, 0.29) is 5.92 Å². The van der Waals surface area contributed by atoms with Gasteiger partial charge in [0.05, 0.1) is 11.5 Å². The Bertz CT molecular complexity index is 327. The van der Waals surface area contributed by atoms with E-state index in [1.807, 2.05) is 13.8 Å². The Labute approximate surface area is 102 Å². The highest BCUT2D eigenvalue weighted by Crippen LogP contribution is 2.18. The Balaban J connectivity index is 4.68. The van der Waals surface area contributed by atoms with Crippen molar-refractivity contribution < 1.29 is 28.8 Å². The molecule has 0 aliphatic heterocycles. The molecule has 0 rings (SSSR count). The van der Waals surface area contributed by atoms with Crippen molar-refractivity contribution in [2.24, 2.45) is 5.92 Å². The number of aliphatic hydroxyl groups excluding tert-OH is 4. The molecule has 0 aromatic carbocycles. The topological polar surface area (TPSA) is 115 Å². The molecule has 4 N–H and O–H groups in total. The average molecular weight is 268 g/mol. The van der Waals surface area contributed by atoms with E-state index in [0.29, 0.717) is 18.2 Å². The molecule has 102 valence electrons. The Morgan fingerprint density at radius 2 is 1.41 bits per heavy atom. The maximum absolute atomic E-state index is 10.3. The molecule has 0 aromatic rings. The molecule has 0 saturated carbocycles. The van der Waals surface area contributed by atoms with Crippen LogP contribution in [0, 0.1) is 5.92 Å². The van der Waals surface area contributed by atoms with Gasteiger partial charge in [-0.3, -0.25) is 0 Å². The van der Waals surface area contributed by atoms with Crippen LogP contribution in [-0.2, 0) is 10.3 Å². The summed E-state index contributed by atoms with van der Waals surface area (Å²) in [5, 5.41) is 38.6. The third-order valence-corrected chi connectivity index (χ3v) is 3.33. The molecule has 0 aliphatic carbocycles. The molecule has 0 radical (unpaired) electrons. The van der Waals surface area contributed by atoms with Crippen LogP contribution in [-0.4, -0.2) is 58.6 Å². The van der Waals surface area contributed by atoms with E-state index in [0.717, 1.165) is 0 Å². The SMILES string of the molecule is CCC(CC)C(O)C(O)C(O)C(O)C=S(=O)=O. The molecule has 0 heterocycles. The van der Waals surface area contributed by atoms with E-state index in [1.165, 1.54) is 0 Å². The maximum atomic E-state index is 10.3. The molecule has 4 atom stereocenters. The maximum Gasteiger partial charge on any atom is 0.212 e. The van der Waals surface area contributed by atoms with Gasteiger partial charge in [0.2, 0.25) is 10.3 Å². The van der Waals surface area contributed by atoms with E-state index in [4.69, 9.17) is 0 Å². The zero-order valence-electron chi connectivity index (χ0n) is 9.89. The lowest BCUT2D eigenvalue weighted by atomic mass is 9.89. The van der Waals surface area contributed by atoms with Gasteiger partial charge in [0.15, 0.2) is 0 Å². The predicted molar refractivity (Wildman–Crippen MR) is 63.1 cm³/mol. The number of aliphatic hydroxyl groups is 4. The molecule has 0 aliphatic rings. The van der Waals surface area contributed by atoms with Gasteiger partial charge < -0.3 is 20.4 Å². The summed E-state index contributed by atoms with van der Waals surface area (Å²) in [6.07, 6.45) is -5.04. The quantitative estimate of drug-likeness (QED) is 0.420.